The lowest BCUT2D eigenvalue weighted by atomic mass is 9.85. The first-order valence-electron chi connectivity index (χ1n) is 7.08. The molecule has 0 saturated carbocycles. The van der Waals surface area contributed by atoms with Gasteiger partial charge in [-0.3, -0.25) is 9.78 Å². The number of rotatable bonds is 3. The summed E-state index contributed by atoms with van der Waals surface area (Å²) in [5.41, 5.74) is 7.44. The Morgan fingerprint density at radius 2 is 2.11 bits per heavy atom. The third-order valence-electron chi connectivity index (χ3n) is 4.86. The maximum absolute atomic E-state index is 12.4. The summed E-state index contributed by atoms with van der Waals surface area (Å²) in [6, 6.07) is 2.99. The first kappa shape index (κ1) is 12.6. The van der Waals surface area contributed by atoms with Crippen molar-refractivity contribution in [1.82, 2.24) is 9.88 Å². The molecule has 3 rings (SSSR count). The van der Waals surface area contributed by atoms with Crippen LogP contribution >= 0.6 is 0 Å². The van der Waals surface area contributed by atoms with E-state index in [1.54, 1.807) is 18.5 Å². The number of nitrogens with two attached hydrogens (primary N) is 1. The van der Waals surface area contributed by atoms with Gasteiger partial charge in [0.1, 0.15) is 5.78 Å². The summed E-state index contributed by atoms with van der Waals surface area (Å²) in [7, 11) is 2.20. The molecule has 2 atom stereocenters. The number of nitrogen functional groups attached to an aromatic ring is 1. The maximum Gasteiger partial charge on any atom is 0.140 e. The summed E-state index contributed by atoms with van der Waals surface area (Å²) in [4.78, 5) is 19.0. The molecule has 2 fully saturated rings. The van der Waals surface area contributed by atoms with E-state index in [-0.39, 0.29) is 5.92 Å². The lowest BCUT2D eigenvalue weighted by Crippen LogP contribution is -2.42. The van der Waals surface area contributed by atoms with Crippen LogP contribution in [0.5, 0.6) is 0 Å². The first-order chi connectivity index (χ1) is 9.15. The number of nitrogens with zero attached hydrogens (tertiary/aromatic N) is 2. The summed E-state index contributed by atoms with van der Waals surface area (Å²) in [6.07, 6.45) is 8.36. The van der Waals surface area contributed by atoms with Gasteiger partial charge in [-0.25, -0.2) is 0 Å². The van der Waals surface area contributed by atoms with Crippen LogP contribution in [0, 0.1) is 5.92 Å². The minimum absolute atomic E-state index is 0.216. The molecule has 2 aliphatic heterocycles. The molecule has 1 aromatic rings. The number of anilines is 1. The highest BCUT2D eigenvalue weighted by molar-refractivity contribution is 5.84. The maximum atomic E-state index is 12.4. The molecule has 0 aromatic carbocycles. The van der Waals surface area contributed by atoms with Crippen molar-refractivity contribution >= 4 is 11.5 Å². The topological polar surface area (TPSA) is 59.2 Å². The van der Waals surface area contributed by atoms with Crippen LogP contribution in [-0.4, -0.2) is 34.8 Å². The van der Waals surface area contributed by atoms with E-state index >= 15 is 0 Å². The molecule has 0 spiro atoms. The van der Waals surface area contributed by atoms with Crippen LogP contribution in [0.2, 0.25) is 0 Å². The van der Waals surface area contributed by atoms with Crippen LogP contribution < -0.4 is 5.73 Å². The van der Waals surface area contributed by atoms with E-state index in [1.807, 2.05) is 0 Å². The molecule has 3 heterocycles. The predicted molar refractivity (Wildman–Crippen MR) is 74.7 cm³/mol. The molecule has 0 radical (unpaired) electrons. The van der Waals surface area contributed by atoms with Crippen LogP contribution in [-0.2, 0) is 11.2 Å². The Morgan fingerprint density at radius 1 is 1.42 bits per heavy atom. The second-order valence-corrected chi connectivity index (χ2v) is 5.94. The number of hydrogen-bond donors (Lipinski definition) is 1. The fourth-order valence-electron chi connectivity index (χ4n) is 3.59. The molecule has 4 heteroatoms. The van der Waals surface area contributed by atoms with E-state index in [4.69, 9.17) is 5.73 Å². The smallest absolute Gasteiger partial charge is 0.140 e. The van der Waals surface area contributed by atoms with Gasteiger partial charge in [0.2, 0.25) is 0 Å². The Kier molecular flexibility index (Phi) is 3.27. The van der Waals surface area contributed by atoms with E-state index in [9.17, 15) is 4.79 Å². The summed E-state index contributed by atoms with van der Waals surface area (Å²) >= 11 is 0. The largest absolute Gasteiger partial charge is 0.398 e. The van der Waals surface area contributed by atoms with Crippen molar-refractivity contribution in [3.05, 3.63) is 24.0 Å². The minimum Gasteiger partial charge on any atom is -0.398 e. The number of carbonyl (C=O) groups is 1. The lowest BCUT2D eigenvalue weighted by molar-refractivity contribution is -0.124. The Morgan fingerprint density at radius 3 is 2.74 bits per heavy atom. The summed E-state index contributed by atoms with van der Waals surface area (Å²) in [6.45, 7) is 0. The van der Waals surface area contributed by atoms with Gasteiger partial charge >= 0.3 is 0 Å². The van der Waals surface area contributed by atoms with Gasteiger partial charge in [-0.1, -0.05) is 0 Å². The quantitative estimate of drug-likeness (QED) is 0.896. The Bertz CT molecular complexity index is 474. The molecule has 2 bridgehead atoms. The number of aromatic nitrogens is 1. The van der Waals surface area contributed by atoms with Gasteiger partial charge in [0.15, 0.2) is 0 Å². The zero-order chi connectivity index (χ0) is 13.4. The van der Waals surface area contributed by atoms with Crippen LogP contribution in [0.3, 0.4) is 0 Å². The van der Waals surface area contributed by atoms with Crippen molar-refractivity contribution in [1.29, 1.82) is 0 Å². The number of carbonyl (C=O) groups excluding carboxylic acids is 1. The fraction of sp³-hybridized carbons (Fsp3) is 0.600. The van der Waals surface area contributed by atoms with E-state index in [1.165, 1.54) is 12.8 Å². The van der Waals surface area contributed by atoms with Crippen molar-refractivity contribution in [3.63, 3.8) is 0 Å². The highest BCUT2D eigenvalue weighted by Gasteiger charge is 2.40. The lowest BCUT2D eigenvalue weighted by Gasteiger charge is -2.35. The molecule has 4 nitrogen and oxygen atoms in total. The predicted octanol–water partition coefficient (Wildman–Crippen LogP) is 1.65. The molecular weight excluding hydrogens is 238 g/mol. The van der Waals surface area contributed by atoms with E-state index in [0.29, 0.717) is 30.0 Å². The van der Waals surface area contributed by atoms with Crippen molar-refractivity contribution in [3.8, 4) is 0 Å². The summed E-state index contributed by atoms with van der Waals surface area (Å²) < 4.78 is 0. The number of piperidine rings is 1. The third kappa shape index (κ3) is 2.37. The van der Waals surface area contributed by atoms with Gasteiger partial charge in [0, 0.05) is 48.1 Å². The van der Waals surface area contributed by atoms with Crippen molar-refractivity contribution < 1.29 is 4.79 Å². The first-order valence-corrected chi connectivity index (χ1v) is 7.08. The molecule has 19 heavy (non-hydrogen) atoms. The molecule has 2 N–H and O–H groups in total. The third-order valence-corrected chi connectivity index (χ3v) is 4.86. The Labute approximate surface area is 114 Å². The SMILES string of the molecule is CN1C2CCC1CC(C(=O)Cc1cnccc1N)C2. The zero-order valence-electron chi connectivity index (χ0n) is 11.4. The average Bonchev–Trinajstić information content (AvgIpc) is 2.64. The standard InChI is InChI=1S/C15H21N3O/c1-18-12-2-3-13(18)7-10(6-12)15(19)8-11-9-17-5-4-14(11)16/h4-5,9-10,12-13H,2-3,6-8H2,1H3,(H2,16,17). The fourth-order valence-corrected chi connectivity index (χ4v) is 3.59. The van der Waals surface area contributed by atoms with Crippen molar-refractivity contribution in [2.24, 2.45) is 5.92 Å². The normalized spacial score (nSPS) is 30.5. The number of fused-ring (bicyclic) bond motifs is 2. The number of hydrogen-bond acceptors (Lipinski definition) is 4. The summed E-state index contributed by atoms with van der Waals surface area (Å²) in [5.74, 6) is 0.554. The zero-order valence-corrected chi connectivity index (χ0v) is 11.4. The molecule has 102 valence electrons. The van der Waals surface area contributed by atoms with E-state index in [0.717, 1.165) is 18.4 Å². The van der Waals surface area contributed by atoms with Gasteiger partial charge in [0.05, 0.1) is 0 Å². The van der Waals surface area contributed by atoms with Gasteiger partial charge in [-0.05, 0) is 38.8 Å². The van der Waals surface area contributed by atoms with Gasteiger partial charge in [-0.15, -0.1) is 0 Å². The second kappa shape index (κ2) is 4.93. The number of ketones is 1. The molecule has 0 aliphatic carbocycles. The van der Waals surface area contributed by atoms with Crippen LogP contribution in [0.25, 0.3) is 0 Å². The molecule has 2 saturated heterocycles. The Balaban J connectivity index is 1.67. The molecular formula is C15H21N3O. The minimum atomic E-state index is 0.216. The molecule has 0 amide bonds. The highest BCUT2D eigenvalue weighted by atomic mass is 16.1. The van der Waals surface area contributed by atoms with Crippen molar-refractivity contribution in [2.75, 3.05) is 12.8 Å². The van der Waals surface area contributed by atoms with Crippen LogP contribution in [0.1, 0.15) is 31.2 Å². The number of Topliss-reactive ketones (excluding diaryl/α,β-unsaturated/α-hetero) is 1. The average molecular weight is 259 g/mol. The molecule has 1 aromatic heterocycles. The van der Waals surface area contributed by atoms with Gasteiger partial charge in [0.25, 0.3) is 0 Å². The van der Waals surface area contributed by atoms with Gasteiger partial charge in [-0.2, -0.15) is 0 Å². The van der Waals surface area contributed by atoms with Crippen molar-refractivity contribution in [2.45, 2.75) is 44.2 Å². The summed E-state index contributed by atoms with van der Waals surface area (Å²) in [5, 5.41) is 0. The van der Waals surface area contributed by atoms with Crippen LogP contribution in [0.15, 0.2) is 18.5 Å². The second-order valence-electron chi connectivity index (χ2n) is 5.94. The number of pyridine rings is 1. The van der Waals surface area contributed by atoms with E-state index in [2.05, 4.69) is 16.9 Å². The van der Waals surface area contributed by atoms with E-state index < -0.39 is 0 Å². The van der Waals surface area contributed by atoms with Gasteiger partial charge < -0.3 is 10.6 Å². The molecule has 2 unspecified atom stereocenters. The monoisotopic (exact) mass is 259 g/mol. The Hall–Kier alpha value is -1.42. The molecule has 2 aliphatic rings. The van der Waals surface area contributed by atoms with Crippen LogP contribution in [0.4, 0.5) is 5.69 Å². The highest BCUT2D eigenvalue weighted by Crippen LogP contribution is 2.38.